The zero-order valence-corrected chi connectivity index (χ0v) is 28.6. The molecule has 2 unspecified atom stereocenters. The van der Waals surface area contributed by atoms with Crippen LogP contribution < -0.4 is 9.62 Å². The molecule has 0 aliphatic heterocycles. The van der Waals surface area contributed by atoms with Gasteiger partial charge in [-0.1, -0.05) is 107 Å². The largest absolute Gasteiger partial charge is 0.352 e. The minimum atomic E-state index is -4.19. The van der Waals surface area contributed by atoms with Crippen molar-refractivity contribution >= 4 is 55.1 Å². The van der Waals surface area contributed by atoms with E-state index in [-0.39, 0.29) is 29.8 Å². The predicted octanol–water partition coefficient (Wildman–Crippen LogP) is 7.16. The van der Waals surface area contributed by atoms with Crippen molar-refractivity contribution in [3.05, 3.63) is 129 Å². The van der Waals surface area contributed by atoms with Crippen LogP contribution in [0, 0.1) is 6.92 Å². The maximum Gasteiger partial charge on any atom is 0.264 e. The Kier molecular flexibility index (Phi) is 11.8. The van der Waals surface area contributed by atoms with Crippen LogP contribution in [-0.4, -0.2) is 43.8 Å². The molecule has 236 valence electrons. The third kappa shape index (κ3) is 8.96. The Labute approximate surface area is 279 Å². The number of aryl methyl sites for hydroxylation is 1. The van der Waals surface area contributed by atoms with Gasteiger partial charge in [0.15, 0.2) is 0 Å². The molecule has 0 aromatic heterocycles. The SMILES string of the molecule is CCC(C)NC(=O)C(Cc1ccccc1)N(Cc1ccccc1Cl)C(=O)CN(c1cccc(Br)c1)S(=O)(=O)c1ccc(C)cc1. The fraction of sp³-hybridized carbons (Fsp3) is 0.257. The number of hydrogen-bond donors (Lipinski definition) is 1. The van der Waals surface area contributed by atoms with Crippen LogP contribution in [0.4, 0.5) is 5.69 Å². The van der Waals surface area contributed by atoms with Crippen LogP contribution in [0.5, 0.6) is 0 Å². The summed E-state index contributed by atoms with van der Waals surface area (Å²) in [5.41, 5.74) is 2.70. The van der Waals surface area contributed by atoms with Gasteiger partial charge in [0.2, 0.25) is 11.8 Å². The van der Waals surface area contributed by atoms with Crippen LogP contribution >= 0.6 is 27.5 Å². The highest BCUT2D eigenvalue weighted by atomic mass is 79.9. The molecule has 2 atom stereocenters. The Morgan fingerprint density at radius 2 is 1.58 bits per heavy atom. The van der Waals surface area contributed by atoms with Gasteiger partial charge in [-0.2, -0.15) is 0 Å². The summed E-state index contributed by atoms with van der Waals surface area (Å²) >= 11 is 9.99. The predicted molar refractivity (Wildman–Crippen MR) is 184 cm³/mol. The van der Waals surface area contributed by atoms with Gasteiger partial charge in [-0.05, 0) is 67.8 Å². The van der Waals surface area contributed by atoms with Gasteiger partial charge >= 0.3 is 0 Å². The van der Waals surface area contributed by atoms with Gasteiger partial charge in [0.1, 0.15) is 12.6 Å². The van der Waals surface area contributed by atoms with Crippen LogP contribution in [0.2, 0.25) is 5.02 Å². The highest BCUT2D eigenvalue weighted by molar-refractivity contribution is 9.10. The zero-order chi connectivity index (χ0) is 32.6. The number of nitrogens with zero attached hydrogens (tertiary/aromatic N) is 2. The van der Waals surface area contributed by atoms with Crippen molar-refractivity contribution in [1.29, 1.82) is 0 Å². The van der Waals surface area contributed by atoms with Crippen LogP contribution in [0.15, 0.2) is 112 Å². The average molecular weight is 711 g/mol. The molecule has 0 fully saturated rings. The molecule has 0 aliphatic rings. The molecule has 0 aliphatic carbocycles. The van der Waals surface area contributed by atoms with Gasteiger partial charge in [-0.25, -0.2) is 8.42 Å². The third-order valence-corrected chi connectivity index (χ3v) is 10.2. The number of nitrogens with one attached hydrogen (secondary N) is 1. The summed E-state index contributed by atoms with van der Waals surface area (Å²) in [7, 11) is -4.19. The van der Waals surface area contributed by atoms with E-state index in [2.05, 4.69) is 21.2 Å². The molecule has 0 radical (unpaired) electrons. The highest BCUT2D eigenvalue weighted by Crippen LogP contribution is 2.28. The van der Waals surface area contributed by atoms with Crippen molar-refractivity contribution in [2.45, 2.75) is 57.1 Å². The van der Waals surface area contributed by atoms with Gasteiger partial charge in [0.05, 0.1) is 10.6 Å². The van der Waals surface area contributed by atoms with Crippen molar-refractivity contribution < 1.29 is 18.0 Å². The van der Waals surface area contributed by atoms with E-state index in [9.17, 15) is 18.0 Å². The molecule has 4 aromatic rings. The van der Waals surface area contributed by atoms with Gasteiger partial charge in [0.25, 0.3) is 10.0 Å². The Bertz CT molecular complexity index is 1720. The second-order valence-corrected chi connectivity index (χ2v) is 14.1. The molecular formula is C35H37BrClN3O4S. The number of carbonyl (C=O) groups is 2. The first-order valence-corrected chi connectivity index (χ1v) is 17.3. The van der Waals surface area contributed by atoms with E-state index in [0.717, 1.165) is 15.4 Å². The molecule has 0 spiro atoms. The zero-order valence-electron chi connectivity index (χ0n) is 25.5. The monoisotopic (exact) mass is 709 g/mol. The van der Waals surface area contributed by atoms with E-state index in [1.165, 1.54) is 17.0 Å². The van der Waals surface area contributed by atoms with Crippen molar-refractivity contribution in [1.82, 2.24) is 10.2 Å². The average Bonchev–Trinajstić information content (AvgIpc) is 3.02. The number of halogens is 2. The standard InChI is InChI=1S/C35H37BrClN3O4S/c1-4-26(3)38-35(42)33(21-27-11-6-5-7-12-27)39(23-28-13-8-9-16-32(28)37)34(41)24-40(30-15-10-14-29(36)22-30)45(43,44)31-19-17-25(2)18-20-31/h5-20,22,26,33H,4,21,23-24H2,1-3H3,(H,38,42). The van der Waals surface area contributed by atoms with Crippen LogP contribution in [0.25, 0.3) is 0 Å². The number of sulfonamides is 1. The molecule has 7 nitrogen and oxygen atoms in total. The van der Waals surface area contributed by atoms with E-state index in [4.69, 9.17) is 11.6 Å². The Hall–Kier alpha value is -3.66. The Morgan fingerprint density at radius 1 is 0.911 bits per heavy atom. The molecular weight excluding hydrogens is 674 g/mol. The summed E-state index contributed by atoms with van der Waals surface area (Å²) in [5, 5.41) is 3.47. The fourth-order valence-electron chi connectivity index (χ4n) is 4.80. The quantitative estimate of drug-likeness (QED) is 0.160. The number of benzene rings is 4. The third-order valence-electron chi connectivity index (χ3n) is 7.55. The summed E-state index contributed by atoms with van der Waals surface area (Å²) in [6, 6.07) is 28.7. The first-order chi connectivity index (χ1) is 21.5. The van der Waals surface area contributed by atoms with E-state index in [1.54, 1.807) is 54.6 Å². The Morgan fingerprint density at radius 3 is 2.22 bits per heavy atom. The van der Waals surface area contributed by atoms with Crippen LogP contribution in [0.3, 0.4) is 0 Å². The van der Waals surface area contributed by atoms with E-state index in [0.29, 0.717) is 27.2 Å². The maximum atomic E-state index is 14.5. The van der Waals surface area contributed by atoms with Crippen molar-refractivity contribution in [2.75, 3.05) is 10.8 Å². The molecule has 45 heavy (non-hydrogen) atoms. The second-order valence-electron chi connectivity index (χ2n) is 10.9. The summed E-state index contributed by atoms with van der Waals surface area (Å²) in [4.78, 5) is 29.9. The van der Waals surface area contributed by atoms with E-state index in [1.807, 2.05) is 57.2 Å². The molecule has 4 aromatic carbocycles. The van der Waals surface area contributed by atoms with Gasteiger partial charge < -0.3 is 10.2 Å². The molecule has 4 rings (SSSR count). The van der Waals surface area contributed by atoms with Gasteiger partial charge in [-0.15, -0.1) is 0 Å². The summed E-state index contributed by atoms with van der Waals surface area (Å²) in [5.74, 6) is -0.880. The lowest BCUT2D eigenvalue weighted by atomic mass is 10.0. The topological polar surface area (TPSA) is 86.8 Å². The molecule has 0 bridgehead atoms. The molecule has 1 N–H and O–H groups in total. The molecule has 0 saturated carbocycles. The first kappa shape index (κ1) is 34.2. The van der Waals surface area contributed by atoms with Crippen LogP contribution in [0.1, 0.15) is 37.0 Å². The first-order valence-electron chi connectivity index (χ1n) is 14.7. The summed E-state index contributed by atoms with van der Waals surface area (Å²) < 4.78 is 30.0. The smallest absolute Gasteiger partial charge is 0.264 e. The number of rotatable bonds is 13. The second kappa shape index (κ2) is 15.6. The van der Waals surface area contributed by atoms with Crippen LogP contribution in [-0.2, 0) is 32.6 Å². The number of carbonyl (C=O) groups excluding carboxylic acids is 2. The normalized spacial score (nSPS) is 12.6. The summed E-state index contributed by atoms with van der Waals surface area (Å²) in [6.45, 7) is 5.20. The molecule has 0 heterocycles. The van der Waals surface area contributed by atoms with Crippen molar-refractivity contribution in [2.24, 2.45) is 0 Å². The van der Waals surface area contributed by atoms with Crippen molar-refractivity contribution in [3.63, 3.8) is 0 Å². The number of anilines is 1. The Balaban J connectivity index is 1.82. The maximum absolute atomic E-state index is 14.5. The number of hydrogen-bond acceptors (Lipinski definition) is 4. The minimum absolute atomic E-state index is 0.000830. The number of amides is 2. The molecule has 2 amide bonds. The van der Waals surface area contributed by atoms with Gasteiger partial charge in [-0.3, -0.25) is 13.9 Å². The highest BCUT2D eigenvalue weighted by Gasteiger charge is 2.35. The fourth-order valence-corrected chi connectivity index (χ4v) is 6.79. The summed E-state index contributed by atoms with van der Waals surface area (Å²) in [6.07, 6.45) is 0.925. The lowest BCUT2D eigenvalue weighted by molar-refractivity contribution is -0.140. The lowest BCUT2D eigenvalue weighted by Gasteiger charge is -2.34. The lowest BCUT2D eigenvalue weighted by Crippen LogP contribution is -2.54. The molecule has 10 heteroatoms. The van der Waals surface area contributed by atoms with E-state index >= 15 is 0 Å². The molecule has 0 saturated heterocycles. The van der Waals surface area contributed by atoms with E-state index < -0.39 is 28.5 Å². The van der Waals surface area contributed by atoms with Gasteiger partial charge in [0, 0.05) is 28.5 Å². The minimum Gasteiger partial charge on any atom is -0.352 e. The van der Waals surface area contributed by atoms with Crippen molar-refractivity contribution in [3.8, 4) is 0 Å².